The second kappa shape index (κ2) is 7.07. The van der Waals surface area contributed by atoms with Crippen LogP contribution in [0.1, 0.15) is 25.5 Å². The molecule has 7 nitrogen and oxygen atoms in total. The highest BCUT2D eigenvalue weighted by Crippen LogP contribution is 2.35. The van der Waals surface area contributed by atoms with Crippen molar-refractivity contribution < 1.29 is 9.21 Å². The summed E-state index contributed by atoms with van der Waals surface area (Å²) in [5.41, 5.74) is 1.76. The van der Waals surface area contributed by atoms with Gasteiger partial charge in [-0.05, 0) is 24.1 Å². The lowest BCUT2D eigenvalue weighted by Gasteiger charge is -2.11. The Morgan fingerprint density at radius 3 is 2.73 bits per heavy atom. The van der Waals surface area contributed by atoms with Crippen molar-refractivity contribution in [3.63, 3.8) is 0 Å². The molecule has 0 radical (unpaired) electrons. The van der Waals surface area contributed by atoms with E-state index in [1.54, 1.807) is 12.1 Å². The first-order valence-corrected chi connectivity index (χ1v) is 10.4. The minimum Gasteiger partial charge on any atom is -0.423 e. The van der Waals surface area contributed by atoms with E-state index < -0.39 is 5.91 Å². The number of nitrogens with one attached hydrogen (secondary N) is 1. The molecule has 0 fully saturated rings. The molecule has 3 aromatic heterocycles. The second-order valence-electron chi connectivity index (χ2n) is 7.34. The standard InChI is InChI=1S/C22H18N4O3S/c1-12(2)19-18-13-7-3-6-10-16(13)30-20(18)21(28)26(25-19)11-17(27)24-22-23-14-8-4-5-9-15(14)29-22/h3-10,12H,11H2,1-2H3,(H,23,24,27). The van der Waals surface area contributed by atoms with Gasteiger partial charge in [0.05, 0.1) is 5.69 Å². The van der Waals surface area contributed by atoms with Crippen LogP contribution in [0.15, 0.2) is 57.7 Å². The van der Waals surface area contributed by atoms with E-state index in [0.29, 0.717) is 15.8 Å². The SMILES string of the molecule is CC(C)c1nn(CC(=O)Nc2nc3ccccc3o2)c(=O)c2sc3ccccc3c12. The Morgan fingerprint density at radius 1 is 1.17 bits per heavy atom. The Bertz CT molecular complexity index is 1450. The average molecular weight is 418 g/mol. The lowest BCUT2D eigenvalue weighted by atomic mass is 10.0. The number of rotatable bonds is 4. The van der Waals surface area contributed by atoms with Crippen LogP contribution in [0, 0.1) is 0 Å². The van der Waals surface area contributed by atoms with Crippen molar-refractivity contribution >= 4 is 54.5 Å². The van der Waals surface area contributed by atoms with Crippen molar-refractivity contribution in [1.82, 2.24) is 14.8 Å². The Kier molecular flexibility index (Phi) is 4.36. The van der Waals surface area contributed by atoms with Gasteiger partial charge in [-0.1, -0.05) is 44.2 Å². The largest absolute Gasteiger partial charge is 0.423 e. The van der Waals surface area contributed by atoms with Crippen LogP contribution in [0.4, 0.5) is 6.01 Å². The van der Waals surface area contributed by atoms with Gasteiger partial charge in [0.1, 0.15) is 16.8 Å². The number of anilines is 1. The zero-order valence-corrected chi connectivity index (χ0v) is 17.2. The summed E-state index contributed by atoms with van der Waals surface area (Å²) in [5.74, 6) is -0.330. The minimum absolute atomic E-state index is 0.0949. The normalized spacial score (nSPS) is 11.7. The Morgan fingerprint density at radius 2 is 1.93 bits per heavy atom. The topological polar surface area (TPSA) is 90.0 Å². The smallest absolute Gasteiger partial charge is 0.302 e. The lowest BCUT2D eigenvalue weighted by Crippen LogP contribution is -2.30. The van der Waals surface area contributed by atoms with E-state index in [-0.39, 0.29) is 24.0 Å². The Balaban J connectivity index is 1.53. The minimum atomic E-state index is -0.425. The Hall–Kier alpha value is -3.52. The summed E-state index contributed by atoms with van der Waals surface area (Å²) < 4.78 is 8.40. The average Bonchev–Trinajstić information content (AvgIpc) is 3.31. The highest BCUT2D eigenvalue weighted by molar-refractivity contribution is 7.25. The van der Waals surface area contributed by atoms with Crippen molar-refractivity contribution in [2.75, 3.05) is 5.32 Å². The molecule has 150 valence electrons. The molecule has 30 heavy (non-hydrogen) atoms. The van der Waals surface area contributed by atoms with Gasteiger partial charge in [-0.15, -0.1) is 11.3 Å². The van der Waals surface area contributed by atoms with Crippen molar-refractivity contribution in [1.29, 1.82) is 0 Å². The van der Waals surface area contributed by atoms with E-state index in [2.05, 4.69) is 15.4 Å². The molecule has 0 atom stereocenters. The van der Waals surface area contributed by atoms with Gasteiger partial charge < -0.3 is 4.42 Å². The fraction of sp³-hybridized carbons (Fsp3) is 0.182. The third-order valence-electron chi connectivity index (χ3n) is 4.89. The predicted octanol–water partition coefficient (Wildman–Crippen LogP) is 4.51. The number of nitrogens with zero attached hydrogens (tertiary/aromatic N) is 3. The van der Waals surface area contributed by atoms with Gasteiger partial charge in [0, 0.05) is 15.5 Å². The fourth-order valence-electron chi connectivity index (χ4n) is 3.52. The maximum atomic E-state index is 13.1. The number of amides is 1. The number of oxazole rings is 1. The van der Waals surface area contributed by atoms with Crippen LogP contribution in [-0.2, 0) is 11.3 Å². The fourth-order valence-corrected chi connectivity index (χ4v) is 4.68. The second-order valence-corrected chi connectivity index (χ2v) is 8.39. The molecule has 5 aromatic rings. The van der Waals surface area contributed by atoms with Gasteiger partial charge in [-0.25, -0.2) is 4.68 Å². The van der Waals surface area contributed by atoms with Crippen LogP contribution < -0.4 is 10.9 Å². The van der Waals surface area contributed by atoms with Crippen LogP contribution in [0.2, 0.25) is 0 Å². The number of thiophene rings is 1. The van der Waals surface area contributed by atoms with Gasteiger partial charge >= 0.3 is 6.01 Å². The van der Waals surface area contributed by atoms with Gasteiger partial charge in [0.25, 0.3) is 5.56 Å². The molecule has 0 saturated heterocycles. The summed E-state index contributed by atoms with van der Waals surface area (Å²) in [4.78, 5) is 29.9. The highest BCUT2D eigenvalue weighted by Gasteiger charge is 2.20. The van der Waals surface area contributed by atoms with Crippen LogP contribution in [0.3, 0.4) is 0 Å². The van der Waals surface area contributed by atoms with Crippen LogP contribution in [0.5, 0.6) is 0 Å². The molecule has 0 aliphatic carbocycles. The summed E-state index contributed by atoms with van der Waals surface area (Å²) in [6, 6.07) is 15.2. The van der Waals surface area contributed by atoms with Gasteiger partial charge in [0.15, 0.2) is 5.58 Å². The number of fused-ring (bicyclic) bond motifs is 4. The molecular formula is C22H18N4O3S. The number of benzene rings is 2. The molecule has 0 saturated carbocycles. The molecule has 0 spiro atoms. The molecule has 0 unspecified atom stereocenters. The quantitative estimate of drug-likeness (QED) is 0.464. The molecule has 2 aromatic carbocycles. The number of carbonyl (C=O) groups is 1. The summed E-state index contributed by atoms with van der Waals surface area (Å²) in [5, 5.41) is 9.07. The maximum absolute atomic E-state index is 13.1. The van der Waals surface area contributed by atoms with Crippen LogP contribution >= 0.6 is 11.3 Å². The third kappa shape index (κ3) is 3.05. The zero-order valence-electron chi connectivity index (χ0n) is 16.4. The first-order valence-electron chi connectivity index (χ1n) is 9.59. The molecule has 0 aliphatic rings. The number of hydrogen-bond donors (Lipinski definition) is 1. The molecule has 5 rings (SSSR count). The number of para-hydroxylation sites is 2. The van der Waals surface area contributed by atoms with E-state index in [1.807, 2.05) is 50.2 Å². The van der Waals surface area contributed by atoms with Gasteiger partial charge in [0.2, 0.25) is 5.91 Å². The van der Waals surface area contributed by atoms with Crippen molar-refractivity contribution in [2.45, 2.75) is 26.3 Å². The summed E-state index contributed by atoms with van der Waals surface area (Å²) in [6.45, 7) is 3.84. The zero-order chi connectivity index (χ0) is 20.8. The van der Waals surface area contributed by atoms with E-state index in [9.17, 15) is 9.59 Å². The summed E-state index contributed by atoms with van der Waals surface area (Å²) in [7, 11) is 0. The summed E-state index contributed by atoms with van der Waals surface area (Å²) in [6.07, 6.45) is 0. The molecular weight excluding hydrogens is 400 g/mol. The monoisotopic (exact) mass is 418 g/mol. The van der Waals surface area contributed by atoms with Crippen LogP contribution in [-0.4, -0.2) is 20.7 Å². The molecule has 0 bridgehead atoms. The predicted molar refractivity (Wildman–Crippen MR) is 118 cm³/mol. The number of hydrogen-bond acceptors (Lipinski definition) is 6. The van der Waals surface area contributed by atoms with Crippen molar-refractivity contribution in [3.05, 3.63) is 64.6 Å². The van der Waals surface area contributed by atoms with Crippen molar-refractivity contribution in [3.8, 4) is 0 Å². The van der Waals surface area contributed by atoms with Gasteiger partial charge in [-0.2, -0.15) is 10.1 Å². The van der Waals surface area contributed by atoms with E-state index in [1.165, 1.54) is 16.0 Å². The number of aromatic nitrogens is 3. The molecule has 0 aliphatic heterocycles. The first-order chi connectivity index (χ1) is 14.5. The van der Waals surface area contributed by atoms with Crippen LogP contribution in [0.25, 0.3) is 31.3 Å². The highest BCUT2D eigenvalue weighted by atomic mass is 32.1. The lowest BCUT2D eigenvalue weighted by molar-refractivity contribution is -0.117. The molecule has 8 heteroatoms. The van der Waals surface area contributed by atoms with E-state index in [4.69, 9.17) is 4.42 Å². The van der Waals surface area contributed by atoms with E-state index in [0.717, 1.165) is 21.2 Å². The van der Waals surface area contributed by atoms with Crippen molar-refractivity contribution in [2.24, 2.45) is 0 Å². The molecule has 3 heterocycles. The molecule has 1 N–H and O–H groups in total. The third-order valence-corrected chi connectivity index (χ3v) is 6.05. The Labute approximate surface area is 175 Å². The van der Waals surface area contributed by atoms with Gasteiger partial charge in [-0.3, -0.25) is 14.9 Å². The first kappa shape index (κ1) is 18.5. The maximum Gasteiger partial charge on any atom is 0.302 e. The van der Waals surface area contributed by atoms with E-state index >= 15 is 0 Å². The molecule has 1 amide bonds. The number of carbonyl (C=O) groups excluding carboxylic acids is 1. The summed E-state index contributed by atoms with van der Waals surface area (Å²) >= 11 is 1.43.